The van der Waals surface area contributed by atoms with Crippen LogP contribution in [0.3, 0.4) is 0 Å². The van der Waals surface area contributed by atoms with E-state index in [1.807, 2.05) is 11.8 Å². The summed E-state index contributed by atoms with van der Waals surface area (Å²) in [5.74, 6) is 0.677. The van der Waals surface area contributed by atoms with Crippen LogP contribution in [0.25, 0.3) is 0 Å². The molecule has 0 heterocycles. The Labute approximate surface area is 130 Å². The minimum Gasteiger partial charge on any atom is -0.491 e. The average Bonchev–Trinajstić information content (AvgIpc) is 2.99. The molecular formula is C16H22N2O2S. The van der Waals surface area contributed by atoms with E-state index in [9.17, 15) is 5.11 Å². The number of nitrogens with one attached hydrogen (secondary N) is 1. The molecule has 1 aliphatic carbocycles. The average molecular weight is 306 g/mol. The third-order valence-electron chi connectivity index (χ3n) is 3.80. The van der Waals surface area contributed by atoms with Gasteiger partial charge in [-0.25, -0.2) is 0 Å². The first-order chi connectivity index (χ1) is 10.2. The fraction of sp³-hybridized carbons (Fsp3) is 0.562. The maximum Gasteiger partial charge on any atom is 0.119 e. The van der Waals surface area contributed by atoms with Gasteiger partial charge < -0.3 is 15.2 Å². The number of rotatable bonds is 7. The number of aliphatic hydroxyl groups is 1. The van der Waals surface area contributed by atoms with Crippen LogP contribution in [0.1, 0.15) is 24.8 Å². The molecule has 1 saturated carbocycles. The predicted octanol–water partition coefficient (Wildman–Crippen LogP) is 2.17. The van der Waals surface area contributed by atoms with Crippen LogP contribution in [0.5, 0.6) is 5.75 Å². The fourth-order valence-electron chi connectivity index (χ4n) is 2.61. The minimum absolute atomic E-state index is 0.259. The molecule has 1 fully saturated rings. The molecule has 0 amide bonds. The standard InChI is InChI=1S/C16H22N2O2S/c1-21-16-4-2-3-15(16)18-10-13(19)11-20-14-7-5-12(9-17)6-8-14/h5-8,13,15-16,18-19H,2-4,10-11H2,1H3. The van der Waals surface area contributed by atoms with Crippen molar-refractivity contribution in [3.63, 3.8) is 0 Å². The first-order valence-electron chi connectivity index (χ1n) is 7.30. The van der Waals surface area contributed by atoms with Crippen LogP contribution in [-0.4, -0.2) is 41.9 Å². The number of hydrogen-bond donors (Lipinski definition) is 2. The molecule has 3 atom stereocenters. The van der Waals surface area contributed by atoms with Crippen molar-refractivity contribution in [2.75, 3.05) is 19.4 Å². The Balaban J connectivity index is 1.69. The molecule has 114 valence electrons. The summed E-state index contributed by atoms with van der Waals surface area (Å²) in [7, 11) is 0. The maximum atomic E-state index is 9.98. The third kappa shape index (κ3) is 4.92. The lowest BCUT2D eigenvalue weighted by molar-refractivity contribution is 0.104. The summed E-state index contributed by atoms with van der Waals surface area (Å²) in [4.78, 5) is 0. The van der Waals surface area contributed by atoms with Crippen LogP contribution in [-0.2, 0) is 0 Å². The Bertz CT molecular complexity index is 472. The number of ether oxygens (including phenoxy) is 1. The molecule has 0 aliphatic heterocycles. The van der Waals surface area contributed by atoms with E-state index in [0.29, 0.717) is 29.1 Å². The second-order valence-corrected chi connectivity index (χ2v) is 6.40. The van der Waals surface area contributed by atoms with Gasteiger partial charge in [0.15, 0.2) is 0 Å². The molecule has 3 unspecified atom stereocenters. The second kappa shape index (κ2) is 8.28. The number of nitrogens with zero attached hydrogens (tertiary/aromatic N) is 1. The zero-order valence-electron chi connectivity index (χ0n) is 12.3. The molecule has 2 rings (SSSR count). The lowest BCUT2D eigenvalue weighted by Crippen LogP contribution is -2.40. The zero-order chi connectivity index (χ0) is 15.1. The highest BCUT2D eigenvalue weighted by Gasteiger charge is 2.26. The van der Waals surface area contributed by atoms with Gasteiger partial charge in [0.05, 0.1) is 11.6 Å². The smallest absolute Gasteiger partial charge is 0.119 e. The van der Waals surface area contributed by atoms with Gasteiger partial charge in [0.1, 0.15) is 18.5 Å². The number of aliphatic hydroxyl groups excluding tert-OH is 1. The SMILES string of the molecule is CSC1CCCC1NCC(O)COc1ccc(C#N)cc1. The second-order valence-electron chi connectivity index (χ2n) is 5.32. The van der Waals surface area contributed by atoms with Gasteiger partial charge in [0.25, 0.3) is 0 Å². The summed E-state index contributed by atoms with van der Waals surface area (Å²) >= 11 is 1.90. The summed E-state index contributed by atoms with van der Waals surface area (Å²) in [5.41, 5.74) is 0.605. The van der Waals surface area contributed by atoms with Crippen molar-refractivity contribution in [3.8, 4) is 11.8 Å². The van der Waals surface area contributed by atoms with Crippen LogP contribution in [0, 0.1) is 11.3 Å². The van der Waals surface area contributed by atoms with Crippen molar-refractivity contribution < 1.29 is 9.84 Å². The zero-order valence-corrected chi connectivity index (χ0v) is 13.1. The van der Waals surface area contributed by atoms with Gasteiger partial charge in [-0.3, -0.25) is 0 Å². The lowest BCUT2D eigenvalue weighted by atomic mass is 10.2. The van der Waals surface area contributed by atoms with E-state index in [1.165, 1.54) is 19.3 Å². The van der Waals surface area contributed by atoms with Crippen LogP contribution in [0.2, 0.25) is 0 Å². The monoisotopic (exact) mass is 306 g/mol. The predicted molar refractivity (Wildman–Crippen MR) is 85.6 cm³/mol. The molecule has 2 N–H and O–H groups in total. The van der Waals surface area contributed by atoms with Gasteiger partial charge in [0.2, 0.25) is 0 Å². The summed E-state index contributed by atoms with van der Waals surface area (Å²) in [5, 5.41) is 22.8. The first kappa shape index (κ1) is 16.2. The van der Waals surface area contributed by atoms with Crippen molar-refractivity contribution in [2.45, 2.75) is 36.7 Å². The topological polar surface area (TPSA) is 65.3 Å². The van der Waals surface area contributed by atoms with Crippen LogP contribution < -0.4 is 10.1 Å². The van der Waals surface area contributed by atoms with Gasteiger partial charge in [-0.1, -0.05) is 6.42 Å². The normalized spacial score (nSPS) is 22.7. The van der Waals surface area contributed by atoms with Crippen molar-refractivity contribution in [1.82, 2.24) is 5.32 Å². The van der Waals surface area contributed by atoms with E-state index >= 15 is 0 Å². The van der Waals surface area contributed by atoms with E-state index in [1.54, 1.807) is 24.3 Å². The lowest BCUT2D eigenvalue weighted by Gasteiger charge is -2.21. The van der Waals surface area contributed by atoms with Crippen molar-refractivity contribution in [2.24, 2.45) is 0 Å². The van der Waals surface area contributed by atoms with Crippen molar-refractivity contribution in [1.29, 1.82) is 5.26 Å². The van der Waals surface area contributed by atoms with E-state index in [0.717, 1.165) is 0 Å². The minimum atomic E-state index is -0.524. The highest BCUT2D eigenvalue weighted by Crippen LogP contribution is 2.28. The van der Waals surface area contributed by atoms with Crippen LogP contribution in [0.15, 0.2) is 24.3 Å². The maximum absolute atomic E-state index is 9.98. The van der Waals surface area contributed by atoms with E-state index in [-0.39, 0.29) is 6.61 Å². The molecule has 0 radical (unpaired) electrons. The number of nitriles is 1. The third-order valence-corrected chi connectivity index (χ3v) is 4.97. The fourth-order valence-corrected chi connectivity index (χ4v) is 3.57. The van der Waals surface area contributed by atoms with E-state index < -0.39 is 6.10 Å². The highest BCUT2D eigenvalue weighted by molar-refractivity contribution is 7.99. The molecule has 0 saturated heterocycles. The summed E-state index contributed by atoms with van der Waals surface area (Å²) in [6.45, 7) is 0.813. The molecule has 5 heteroatoms. The molecule has 0 aromatic heterocycles. The number of hydrogen-bond acceptors (Lipinski definition) is 5. The Kier molecular flexibility index (Phi) is 6.37. The molecule has 1 aromatic rings. The summed E-state index contributed by atoms with van der Waals surface area (Å²) < 4.78 is 5.53. The van der Waals surface area contributed by atoms with E-state index in [2.05, 4.69) is 17.6 Å². The van der Waals surface area contributed by atoms with E-state index in [4.69, 9.17) is 10.00 Å². The summed E-state index contributed by atoms with van der Waals surface area (Å²) in [6, 6.07) is 9.49. The molecule has 4 nitrogen and oxygen atoms in total. The molecule has 1 aromatic carbocycles. The Morgan fingerprint density at radius 3 is 2.86 bits per heavy atom. The van der Waals surface area contributed by atoms with Gasteiger partial charge in [0, 0.05) is 17.8 Å². The Hall–Kier alpha value is -1.22. The van der Waals surface area contributed by atoms with Crippen molar-refractivity contribution in [3.05, 3.63) is 29.8 Å². The number of benzene rings is 1. The van der Waals surface area contributed by atoms with Gasteiger partial charge >= 0.3 is 0 Å². The highest BCUT2D eigenvalue weighted by atomic mass is 32.2. The Morgan fingerprint density at radius 1 is 1.43 bits per heavy atom. The quantitative estimate of drug-likeness (QED) is 0.808. The number of thioether (sulfide) groups is 1. The van der Waals surface area contributed by atoms with Gasteiger partial charge in [-0.05, 0) is 43.4 Å². The largest absolute Gasteiger partial charge is 0.491 e. The molecular weight excluding hydrogens is 284 g/mol. The summed E-state index contributed by atoms with van der Waals surface area (Å²) in [6.07, 6.45) is 5.34. The first-order valence-corrected chi connectivity index (χ1v) is 8.59. The molecule has 21 heavy (non-hydrogen) atoms. The van der Waals surface area contributed by atoms with Gasteiger partial charge in [-0.2, -0.15) is 17.0 Å². The molecule has 1 aliphatic rings. The molecule has 0 bridgehead atoms. The van der Waals surface area contributed by atoms with Gasteiger partial charge in [-0.15, -0.1) is 0 Å². The van der Waals surface area contributed by atoms with Crippen LogP contribution in [0.4, 0.5) is 0 Å². The molecule has 0 spiro atoms. The van der Waals surface area contributed by atoms with Crippen molar-refractivity contribution >= 4 is 11.8 Å². The van der Waals surface area contributed by atoms with Crippen LogP contribution >= 0.6 is 11.8 Å². The Morgan fingerprint density at radius 2 is 2.19 bits per heavy atom.